The number of ether oxygens (including phenoxy) is 3. The van der Waals surface area contributed by atoms with Crippen molar-refractivity contribution in [3.8, 4) is 17.2 Å². The lowest BCUT2D eigenvalue weighted by atomic mass is 10.1. The second kappa shape index (κ2) is 8.83. The molecule has 0 N–H and O–H groups in total. The van der Waals surface area contributed by atoms with E-state index >= 15 is 0 Å². The van der Waals surface area contributed by atoms with E-state index in [0.29, 0.717) is 31.1 Å². The number of para-hydroxylation sites is 1. The lowest BCUT2D eigenvalue weighted by molar-refractivity contribution is 0.101. The van der Waals surface area contributed by atoms with E-state index in [1.54, 1.807) is 12.1 Å². The van der Waals surface area contributed by atoms with Crippen LogP contribution in [-0.2, 0) is 0 Å². The van der Waals surface area contributed by atoms with Gasteiger partial charge in [-0.15, -0.1) is 0 Å². The second-order valence-corrected chi connectivity index (χ2v) is 5.07. The van der Waals surface area contributed by atoms with Crippen LogP contribution in [0.15, 0.2) is 48.5 Å². The van der Waals surface area contributed by atoms with E-state index in [1.807, 2.05) is 36.4 Å². The lowest BCUT2D eigenvalue weighted by Crippen LogP contribution is -2.10. The minimum absolute atomic E-state index is 0.0100. The molecule has 0 unspecified atom stereocenters. The van der Waals surface area contributed by atoms with Crippen LogP contribution in [0, 0.1) is 0 Å². The molecule has 2 rings (SSSR count). The summed E-state index contributed by atoms with van der Waals surface area (Å²) in [6.07, 6.45) is 0.983. The number of Topliss-reactive ketones (excluding diaryl/α,β-unsaturated/α-hetero) is 1. The van der Waals surface area contributed by atoms with Gasteiger partial charge in [0.05, 0.1) is 12.2 Å². The number of carbonyl (C=O) groups is 1. The van der Waals surface area contributed by atoms with E-state index in [4.69, 9.17) is 14.2 Å². The molecule has 4 nitrogen and oxygen atoms in total. The third-order valence-corrected chi connectivity index (χ3v) is 3.17. The Labute approximate surface area is 137 Å². The molecule has 2 aromatic rings. The molecule has 0 atom stereocenters. The molecule has 4 heteroatoms. The SMILES string of the molecule is CCCOc1ccc(OCCOc2ccccc2C(C)=O)cc1. The number of hydrogen-bond acceptors (Lipinski definition) is 4. The van der Waals surface area contributed by atoms with Gasteiger partial charge in [0, 0.05) is 0 Å². The van der Waals surface area contributed by atoms with Gasteiger partial charge in [-0.25, -0.2) is 0 Å². The van der Waals surface area contributed by atoms with Crippen LogP contribution in [0.5, 0.6) is 17.2 Å². The van der Waals surface area contributed by atoms with Crippen LogP contribution < -0.4 is 14.2 Å². The number of hydrogen-bond donors (Lipinski definition) is 0. The molecule has 122 valence electrons. The van der Waals surface area contributed by atoms with Crippen LogP contribution in [-0.4, -0.2) is 25.6 Å². The summed E-state index contributed by atoms with van der Waals surface area (Å²) in [6.45, 7) is 5.09. The van der Waals surface area contributed by atoms with Crippen molar-refractivity contribution < 1.29 is 19.0 Å². The van der Waals surface area contributed by atoms with E-state index in [-0.39, 0.29) is 5.78 Å². The zero-order valence-electron chi connectivity index (χ0n) is 13.6. The molecule has 0 aliphatic carbocycles. The summed E-state index contributed by atoms with van der Waals surface area (Å²) in [7, 11) is 0. The van der Waals surface area contributed by atoms with Gasteiger partial charge in [0.15, 0.2) is 5.78 Å². The lowest BCUT2D eigenvalue weighted by Gasteiger charge is -2.11. The molecule has 0 spiro atoms. The number of carbonyl (C=O) groups excluding carboxylic acids is 1. The molecule has 23 heavy (non-hydrogen) atoms. The summed E-state index contributed by atoms with van der Waals surface area (Å²) in [5.41, 5.74) is 0.588. The average Bonchev–Trinajstić information content (AvgIpc) is 2.58. The van der Waals surface area contributed by atoms with Crippen molar-refractivity contribution >= 4 is 5.78 Å². The molecular weight excluding hydrogens is 292 g/mol. The average molecular weight is 314 g/mol. The predicted molar refractivity (Wildman–Crippen MR) is 89.7 cm³/mol. The van der Waals surface area contributed by atoms with E-state index in [2.05, 4.69) is 6.92 Å². The first-order valence-electron chi connectivity index (χ1n) is 7.79. The Hall–Kier alpha value is -2.49. The van der Waals surface area contributed by atoms with Crippen molar-refractivity contribution in [1.29, 1.82) is 0 Å². The van der Waals surface area contributed by atoms with Crippen molar-refractivity contribution in [1.82, 2.24) is 0 Å². The van der Waals surface area contributed by atoms with Gasteiger partial charge < -0.3 is 14.2 Å². The second-order valence-electron chi connectivity index (χ2n) is 5.07. The molecule has 0 amide bonds. The van der Waals surface area contributed by atoms with Crippen LogP contribution >= 0.6 is 0 Å². The molecule has 0 heterocycles. The molecule has 0 aliphatic heterocycles. The third-order valence-electron chi connectivity index (χ3n) is 3.17. The summed E-state index contributed by atoms with van der Waals surface area (Å²) >= 11 is 0. The van der Waals surface area contributed by atoms with Gasteiger partial charge >= 0.3 is 0 Å². The fourth-order valence-electron chi connectivity index (χ4n) is 2.05. The fourth-order valence-corrected chi connectivity index (χ4v) is 2.05. The monoisotopic (exact) mass is 314 g/mol. The molecule has 0 aliphatic rings. The maximum absolute atomic E-state index is 11.5. The Morgan fingerprint density at radius 1 is 0.826 bits per heavy atom. The fraction of sp³-hybridized carbons (Fsp3) is 0.316. The maximum atomic E-state index is 11.5. The van der Waals surface area contributed by atoms with Gasteiger partial charge in [-0.1, -0.05) is 19.1 Å². The number of rotatable bonds is 9. The highest BCUT2D eigenvalue weighted by Crippen LogP contribution is 2.19. The van der Waals surface area contributed by atoms with E-state index < -0.39 is 0 Å². The van der Waals surface area contributed by atoms with Gasteiger partial charge in [-0.2, -0.15) is 0 Å². The quantitative estimate of drug-likeness (QED) is 0.515. The molecule has 2 aromatic carbocycles. The van der Waals surface area contributed by atoms with Gasteiger partial charge in [0.25, 0.3) is 0 Å². The van der Waals surface area contributed by atoms with E-state index in [0.717, 1.165) is 17.9 Å². The van der Waals surface area contributed by atoms with E-state index in [9.17, 15) is 4.79 Å². The Morgan fingerprint density at radius 3 is 2.00 bits per heavy atom. The first-order valence-corrected chi connectivity index (χ1v) is 7.79. The van der Waals surface area contributed by atoms with E-state index in [1.165, 1.54) is 6.92 Å². The van der Waals surface area contributed by atoms with Crippen LogP contribution in [0.1, 0.15) is 30.6 Å². The van der Waals surface area contributed by atoms with Crippen LogP contribution in [0.25, 0.3) is 0 Å². The molecule has 0 radical (unpaired) electrons. The summed E-state index contributed by atoms with van der Waals surface area (Å²) < 4.78 is 16.8. The Balaban J connectivity index is 1.78. The summed E-state index contributed by atoms with van der Waals surface area (Å²) in [5, 5.41) is 0. The normalized spacial score (nSPS) is 10.2. The highest BCUT2D eigenvalue weighted by molar-refractivity contribution is 5.96. The van der Waals surface area contributed by atoms with Crippen molar-refractivity contribution in [2.45, 2.75) is 20.3 Å². The summed E-state index contributed by atoms with van der Waals surface area (Å²) in [6, 6.07) is 14.7. The highest BCUT2D eigenvalue weighted by atomic mass is 16.5. The topological polar surface area (TPSA) is 44.8 Å². The van der Waals surface area contributed by atoms with Gasteiger partial charge in [0.1, 0.15) is 30.5 Å². The predicted octanol–water partition coefficient (Wildman–Crippen LogP) is 4.14. The molecule has 0 saturated carbocycles. The molecule has 0 bridgehead atoms. The highest BCUT2D eigenvalue weighted by Gasteiger charge is 2.07. The molecule has 0 saturated heterocycles. The Bertz CT molecular complexity index is 620. The van der Waals surface area contributed by atoms with Gasteiger partial charge in [-0.3, -0.25) is 4.79 Å². The zero-order chi connectivity index (χ0) is 16.5. The molecule has 0 fully saturated rings. The van der Waals surface area contributed by atoms with Crippen molar-refractivity contribution in [2.75, 3.05) is 19.8 Å². The maximum Gasteiger partial charge on any atom is 0.163 e. The van der Waals surface area contributed by atoms with Crippen LogP contribution in [0.4, 0.5) is 0 Å². The van der Waals surface area contributed by atoms with Crippen molar-refractivity contribution in [3.63, 3.8) is 0 Å². The minimum Gasteiger partial charge on any atom is -0.494 e. The van der Waals surface area contributed by atoms with Crippen molar-refractivity contribution in [3.05, 3.63) is 54.1 Å². The largest absolute Gasteiger partial charge is 0.494 e. The van der Waals surface area contributed by atoms with Crippen LogP contribution in [0.2, 0.25) is 0 Å². The summed E-state index contributed by atoms with van der Waals surface area (Å²) in [5.74, 6) is 2.18. The molecular formula is C19H22O4. The first-order chi connectivity index (χ1) is 11.2. The van der Waals surface area contributed by atoms with Crippen molar-refractivity contribution in [2.24, 2.45) is 0 Å². The Morgan fingerprint density at radius 2 is 1.39 bits per heavy atom. The van der Waals surface area contributed by atoms with Gasteiger partial charge in [0.2, 0.25) is 0 Å². The number of benzene rings is 2. The first kappa shape index (κ1) is 16.9. The minimum atomic E-state index is -0.0100. The standard InChI is InChI=1S/C19H22O4/c1-3-12-21-16-8-10-17(11-9-16)22-13-14-23-19-7-5-4-6-18(19)15(2)20/h4-11H,3,12-14H2,1-2H3. The smallest absolute Gasteiger partial charge is 0.163 e. The third kappa shape index (κ3) is 5.33. The number of ketones is 1. The van der Waals surface area contributed by atoms with Gasteiger partial charge in [-0.05, 0) is 49.7 Å². The van der Waals surface area contributed by atoms with Crippen LogP contribution in [0.3, 0.4) is 0 Å². The zero-order valence-corrected chi connectivity index (χ0v) is 13.6. The molecule has 0 aromatic heterocycles. The Kier molecular flexibility index (Phi) is 6.48. The summed E-state index contributed by atoms with van der Waals surface area (Å²) in [4.78, 5) is 11.5.